The quantitative estimate of drug-likeness (QED) is 0.491. The van der Waals surface area contributed by atoms with Crippen LogP contribution in [0, 0.1) is 0 Å². The third-order valence-electron chi connectivity index (χ3n) is 3.52. The molecule has 1 N–H and O–H groups in total. The maximum Gasteiger partial charge on any atom is 0.336 e. The van der Waals surface area contributed by atoms with Crippen LogP contribution in [0.25, 0.3) is 11.0 Å². The normalized spacial score (nSPS) is 10.0. The van der Waals surface area contributed by atoms with Crippen LogP contribution < -0.4 is 15.1 Å². The van der Waals surface area contributed by atoms with Crippen LogP contribution in [0.2, 0.25) is 0 Å². The second-order valence-electron chi connectivity index (χ2n) is 5.33. The van der Waals surface area contributed by atoms with Crippen molar-refractivity contribution in [3.63, 3.8) is 0 Å². The average Bonchev–Trinajstić information content (AvgIpc) is 2.69. The lowest BCUT2D eigenvalue weighted by atomic mass is 10.2. The molecular weight excluding hydrogens is 348 g/mol. The number of carboxylic acids is 1. The molecule has 3 rings (SSSR count). The number of hydrogen-bond acceptors (Lipinski definition) is 5. The van der Waals surface area contributed by atoms with Crippen LogP contribution in [0.15, 0.2) is 63.8 Å². The third kappa shape index (κ3) is 5.88. The van der Waals surface area contributed by atoms with Gasteiger partial charge in [-0.05, 0) is 42.5 Å². The lowest BCUT2D eigenvalue weighted by Crippen LogP contribution is -2.05. The Labute approximate surface area is 157 Å². The fourth-order valence-corrected chi connectivity index (χ4v) is 2.26. The Morgan fingerprint density at radius 3 is 2.19 bits per heavy atom. The predicted molar refractivity (Wildman–Crippen MR) is 103 cm³/mol. The standard InChI is InChI=1S/C19H16O6.C2H6/c20-18-9-5-13-2-8-16(12-17(13)25-18)24-11-1-10-23-15-6-3-14(4-7-15)19(21)22;1-2/h2-9,12H,1,10-11H2,(H,21,22);1-2H3. The Bertz CT molecular complexity index is 927. The second kappa shape index (κ2) is 10.0. The van der Waals surface area contributed by atoms with E-state index >= 15 is 0 Å². The average molecular weight is 370 g/mol. The highest BCUT2D eigenvalue weighted by molar-refractivity contribution is 5.87. The van der Waals surface area contributed by atoms with Gasteiger partial charge in [0.25, 0.3) is 0 Å². The third-order valence-corrected chi connectivity index (χ3v) is 3.52. The minimum atomic E-state index is -0.967. The van der Waals surface area contributed by atoms with Crippen LogP contribution in [-0.2, 0) is 0 Å². The molecule has 0 aliphatic carbocycles. The number of hydrogen-bond donors (Lipinski definition) is 1. The number of aromatic carboxylic acids is 1. The van der Waals surface area contributed by atoms with E-state index in [1.807, 2.05) is 26.0 Å². The summed E-state index contributed by atoms with van der Waals surface area (Å²) in [6, 6.07) is 14.6. The molecular formula is C21H22O6. The molecule has 0 amide bonds. The zero-order chi connectivity index (χ0) is 19.6. The molecule has 6 nitrogen and oxygen atoms in total. The van der Waals surface area contributed by atoms with E-state index in [4.69, 9.17) is 19.0 Å². The van der Waals surface area contributed by atoms with Crippen molar-refractivity contribution in [1.82, 2.24) is 0 Å². The van der Waals surface area contributed by atoms with Gasteiger partial charge in [-0.25, -0.2) is 9.59 Å². The van der Waals surface area contributed by atoms with E-state index in [-0.39, 0.29) is 5.56 Å². The van der Waals surface area contributed by atoms with Gasteiger partial charge < -0.3 is 19.0 Å². The number of fused-ring (bicyclic) bond motifs is 1. The minimum Gasteiger partial charge on any atom is -0.493 e. The van der Waals surface area contributed by atoms with E-state index < -0.39 is 11.6 Å². The molecule has 6 heteroatoms. The maximum atomic E-state index is 11.2. The van der Waals surface area contributed by atoms with Gasteiger partial charge in [0.2, 0.25) is 0 Å². The van der Waals surface area contributed by atoms with E-state index in [0.717, 1.165) is 5.39 Å². The molecule has 27 heavy (non-hydrogen) atoms. The number of carbonyl (C=O) groups is 1. The summed E-state index contributed by atoms with van der Waals surface area (Å²) < 4.78 is 16.3. The largest absolute Gasteiger partial charge is 0.493 e. The van der Waals surface area contributed by atoms with Crippen molar-refractivity contribution in [2.75, 3.05) is 13.2 Å². The first-order valence-electron chi connectivity index (χ1n) is 8.75. The Morgan fingerprint density at radius 2 is 1.52 bits per heavy atom. The van der Waals surface area contributed by atoms with E-state index in [1.54, 1.807) is 24.3 Å². The van der Waals surface area contributed by atoms with Gasteiger partial charge in [-0.15, -0.1) is 0 Å². The summed E-state index contributed by atoms with van der Waals surface area (Å²) in [5.74, 6) is 0.260. The summed E-state index contributed by atoms with van der Waals surface area (Å²) in [5, 5.41) is 9.66. The van der Waals surface area contributed by atoms with Crippen LogP contribution in [0.5, 0.6) is 11.5 Å². The second-order valence-corrected chi connectivity index (χ2v) is 5.33. The zero-order valence-corrected chi connectivity index (χ0v) is 15.3. The van der Waals surface area contributed by atoms with Crippen LogP contribution in [0.1, 0.15) is 30.6 Å². The molecule has 0 aliphatic heterocycles. The molecule has 142 valence electrons. The summed E-state index contributed by atoms with van der Waals surface area (Å²) in [5.41, 5.74) is 0.311. The monoisotopic (exact) mass is 370 g/mol. The number of carboxylic acid groups (broad SMARTS) is 1. The van der Waals surface area contributed by atoms with Crippen molar-refractivity contribution in [3.8, 4) is 11.5 Å². The predicted octanol–water partition coefficient (Wildman–Crippen LogP) is 4.37. The molecule has 0 spiro atoms. The molecule has 0 saturated heterocycles. The minimum absolute atomic E-state index is 0.221. The molecule has 2 aromatic carbocycles. The van der Waals surface area contributed by atoms with Gasteiger partial charge in [-0.1, -0.05) is 13.8 Å². The fourth-order valence-electron chi connectivity index (χ4n) is 2.26. The SMILES string of the molecule is CC.O=C(O)c1ccc(OCCCOc2ccc3ccc(=O)oc3c2)cc1. The fraction of sp³-hybridized carbons (Fsp3) is 0.238. The van der Waals surface area contributed by atoms with Crippen LogP contribution in [0.4, 0.5) is 0 Å². The van der Waals surface area contributed by atoms with E-state index in [2.05, 4.69) is 0 Å². The lowest BCUT2D eigenvalue weighted by Gasteiger charge is -2.08. The zero-order valence-electron chi connectivity index (χ0n) is 15.3. The molecule has 0 fully saturated rings. The van der Waals surface area contributed by atoms with Crippen molar-refractivity contribution < 1.29 is 23.8 Å². The van der Waals surface area contributed by atoms with Crippen molar-refractivity contribution in [3.05, 3.63) is 70.6 Å². The Hall–Kier alpha value is -3.28. The number of ether oxygens (including phenoxy) is 2. The summed E-state index contributed by atoms with van der Waals surface area (Å²) in [4.78, 5) is 22.0. The topological polar surface area (TPSA) is 86.0 Å². The lowest BCUT2D eigenvalue weighted by molar-refractivity contribution is 0.0697. The molecule has 0 bridgehead atoms. The molecule has 0 atom stereocenters. The Morgan fingerprint density at radius 1 is 0.926 bits per heavy atom. The van der Waals surface area contributed by atoms with E-state index in [1.165, 1.54) is 18.2 Å². The summed E-state index contributed by atoms with van der Waals surface area (Å²) >= 11 is 0. The van der Waals surface area contributed by atoms with Crippen LogP contribution in [0.3, 0.4) is 0 Å². The first kappa shape index (κ1) is 20.0. The van der Waals surface area contributed by atoms with Crippen LogP contribution >= 0.6 is 0 Å². The number of rotatable bonds is 7. The van der Waals surface area contributed by atoms with Gasteiger partial charge >= 0.3 is 11.6 Å². The Balaban J connectivity index is 0.00000126. The first-order chi connectivity index (χ1) is 13.1. The molecule has 0 radical (unpaired) electrons. The van der Waals surface area contributed by atoms with Crippen LogP contribution in [-0.4, -0.2) is 24.3 Å². The smallest absolute Gasteiger partial charge is 0.336 e. The maximum absolute atomic E-state index is 11.2. The number of benzene rings is 2. The van der Waals surface area contributed by atoms with Gasteiger partial charge in [0.05, 0.1) is 18.8 Å². The van der Waals surface area contributed by atoms with Crippen molar-refractivity contribution in [2.24, 2.45) is 0 Å². The van der Waals surface area contributed by atoms with Gasteiger partial charge in [-0.2, -0.15) is 0 Å². The Kier molecular flexibility index (Phi) is 7.43. The first-order valence-corrected chi connectivity index (χ1v) is 8.75. The molecule has 3 aromatic rings. The molecule has 1 aromatic heterocycles. The van der Waals surface area contributed by atoms with Crippen molar-refractivity contribution >= 4 is 16.9 Å². The van der Waals surface area contributed by atoms with Gasteiger partial charge in [0.15, 0.2) is 0 Å². The summed E-state index contributed by atoms with van der Waals surface area (Å²) in [6.07, 6.45) is 0.650. The van der Waals surface area contributed by atoms with Gasteiger partial charge in [0.1, 0.15) is 17.1 Å². The van der Waals surface area contributed by atoms with E-state index in [9.17, 15) is 9.59 Å². The van der Waals surface area contributed by atoms with Crippen molar-refractivity contribution in [1.29, 1.82) is 0 Å². The van der Waals surface area contributed by atoms with Gasteiger partial charge in [-0.3, -0.25) is 0 Å². The highest BCUT2D eigenvalue weighted by Gasteiger charge is 2.03. The van der Waals surface area contributed by atoms with E-state index in [0.29, 0.717) is 36.7 Å². The van der Waals surface area contributed by atoms with Crippen molar-refractivity contribution in [2.45, 2.75) is 20.3 Å². The molecule has 0 saturated carbocycles. The highest BCUT2D eigenvalue weighted by atomic mass is 16.5. The molecule has 1 heterocycles. The summed E-state index contributed by atoms with van der Waals surface area (Å²) in [7, 11) is 0. The molecule has 0 aliphatic rings. The molecule has 0 unspecified atom stereocenters. The van der Waals surface area contributed by atoms with Gasteiger partial charge in [0, 0.05) is 23.9 Å². The highest BCUT2D eigenvalue weighted by Crippen LogP contribution is 2.19. The summed E-state index contributed by atoms with van der Waals surface area (Å²) in [6.45, 7) is 4.88.